The van der Waals surface area contributed by atoms with Gasteiger partial charge in [-0.15, -0.1) is 0 Å². The molecule has 0 saturated carbocycles. The number of H-pyrrole nitrogens is 1. The minimum absolute atomic E-state index is 0.0152. The highest BCUT2D eigenvalue weighted by molar-refractivity contribution is 6.02. The summed E-state index contributed by atoms with van der Waals surface area (Å²) in [6.07, 6.45) is 3.54. The van der Waals surface area contributed by atoms with Crippen LogP contribution in [0.2, 0.25) is 0 Å². The van der Waals surface area contributed by atoms with E-state index in [9.17, 15) is 9.59 Å². The van der Waals surface area contributed by atoms with Crippen molar-refractivity contribution in [2.45, 2.75) is 52.5 Å². The first-order valence-electron chi connectivity index (χ1n) is 7.59. The van der Waals surface area contributed by atoms with Crippen LogP contribution in [0.3, 0.4) is 0 Å². The van der Waals surface area contributed by atoms with Gasteiger partial charge in [0.25, 0.3) is 5.91 Å². The number of rotatable bonds is 5. The van der Waals surface area contributed by atoms with Gasteiger partial charge in [-0.25, -0.2) is 0 Å². The predicted octanol–water partition coefficient (Wildman–Crippen LogP) is 2.21. The van der Waals surface area contributed by atoms with Crippen LogP contribution in [0.1, 0.15) is 64.7 Å². The summed E-state index contributed by atoms with van der Waals surface area (Å²) in [5.74, 6) is -0.0397. The molecule has 0 bridgehead atoms. The number of Topliss-reactive ketones (excluding diaryl/α,β-unsaturated/α-hetero) is 1. The van der Waals surface area contributed by atoms with Crippen LogP contribution in [0.5, 0.6) is 0 Å². The monoisotopic (exact) mass is 292 g/mol. The number of likely N-dealkylation sites (tertiary alicyclic amines) is 1. The molecular formula is C16H24N2O3. The molecule has 1 saturated heterocycles. The van der Waals surface area contributed by atoms with Crippen molar-refractivity contribution in [3.63, 3.8) is 0 Å². The Kier molecular flexibility index (Phi) is 4.83. The van der Waals surface area contributed by atoms with Crippen LogP contribution >= 0.6 is 0 Å². The first-order valence-corrected chi connectivity index (χ1v) is 7.59. The Balaban J connectivity index is 2.24. The number of ketones is 1. The Morgan fingerprint density at radius 3 is 2.67 bits per heavy atom. The van der Waals surface area contributed by atoms with E-state index in [1.807, 2.05) is 18.7 Å². The standard InChI is InChI=1S/C16H24N2O3/c1-10-14(12(3)20)11(2)17-15(10)16(21)18-8-4-6-13(18)7-5-9-19/h13,17,19H,4-9H2,1-3H3. The van der Waals surface area contributed by atoms with Crippen LogP contribution in [-0.4, -0.2) is 45.9 Å². The Morgan fingerprint density at radius 2 is 2.10 bits per heavy atom. The molecule has 2 heterocycles. The third kappa shape index (κ3) is 3.02. The van der Waals surface area contributed by atoms with Crippen LogP contribution in [0.15, 0.2) is 0 Å². The Hall–Kier alpha value is -1.62. The number of amides is 1. The summed E-state index contributed by atoms with van der Waals surface area (Å²) in [6, 6.07) is 0.202. The predicted molar refractivity (Wildman–Crippen MR) is 80.6 cm³/mol. The average molecular weight is 292 g/mol. The number of aromatic nitrogens is 1. The summed E-state index contributed by atoms with van der Waals surface area (Å²) in [6.45, 7) is 6.09. The Bertz CT molecular complexity index is 548. The van der Waals surface area contributed by atoms with Gasteiger partial charge in [-0.1, -0.05) is 0 Å². The van der Waals surface area contributed by atoms with Crippen molar-refractivity contribution in [3.8, 4) is 0 Å². The van der Waals surface area contributed by atoms with E-state index in [0.29, 0.717) is 11.3 Å². The Labute approximate surface area is 125 Å². The summed E-state index contributed by atoms with van der Waals surface area (Å²) in [7, 11) is 0. The van der Waals surface area contributed by atoms with Crippen LogP contribution in [0.25, 0.3) is 0 Å². The molecule has 1 aliphatic rings. The number of carbonyl (C=O) groups is 2. The van der Waals surface area contributed by atoms with Gasteiger partial charge in [0.05, 0.1) is 0 Å². The van der Waals surface area contributed by atoms with Gasteiger partial charge < -0.3 is 15.0 Å². The fourth-order valence-corrected chi connectivity index (χ4v) is 3.37. The highest BCUT2D eigenvalue weighted by atomic mass is 16.3. The third-order valence-electron chi connectivity index (χ3n) is 4.34. The van der Waals surface area contributed by atoms with E-state index >= 15 is 0 Å². The van der Waals surface area contributed by atoms with Crippen molar-refractivity contribution < 1.29 is 14.7 Å². The van der Waals surface area contributed by atoms with Crippen molar-refractivity contribution in [1.29, 1.82) is 0 Å². The maximum Gasteiger partial charge on any atom is 0.270 e. The number of aryl methyl sites for hydroxylation is 1. The van der Waals surface area contributed by atoms with Gasteiger partial charge >= 0.3 is 0 Å². The summed E-state index contributed by atoms with van der Waals surface area (Å²) >= 11 is 0. The fourth-order valence-electron chi connectivity index (χ4n) is 3.37. The molecule has 2 N–H and O–H groups in total. The molecule has 1 atom stereocenters. The maximum atomic E-state index is 12.8. The summed E-state index contributed by atoms with van der Waals surface area (Å²) in [4.78, 5) is 29.4. The van der Waals surface area contributed by atoms with E-state index in [2.05, 4.69) is 4.98 Å². The van der Waals surface area contributed by atoms with Crippen LogP contribution < -0.4 is 0 Å². The van der Waals surface area contributed by atoms with Gasteiger partial charge in [0.15, 0.2) is 5.78 Å². The number of carbonyl (C=O) groups excluding carboxylic acids is 2. The van der Waals surface area contributed by atoms with Gasteiger partial charge in [-0.2, -0.15) is 0 Å². The Morgan fingerprint density at radius 1 is 1.38 bits per heavy atom. The van der Waals surface area contributed by atoms with E-state index in [1.54, 1.807) is 0 Å². The molecule has 0 aliphatic carbocycles. The number of aliphatic hydroxyl groups excluding tert-OH is 1. The van der Waals surface area contributed by atoms with Gasteiger partial charge in [0.1, 0.15) is 5.69 Å². The highest BCUT2D eigenvalue weighted by Gasteiger charge is 2.31. The molecule has 116 valence electrons. The lowest BCUT2D eigenvalue weighted by molar-refractivity contribution is 0.0718. The topological polar surface area (TPSA) is 73.4 Å². The third-order valence-corrected chi connectivity index (χ3v) is 4.34. The van der Waals surface area contributed by atoms with Crippen molar-refractivity contribution >= 4 is 11.7 Å². The molecule has 0 aromatic carbocycles. The normalized spacial score (nSPS) is 18.3. The molecule has 5 heteroatoms. The smallest absolute Gasteiger partial charge is 0.270 e. The van der Waals surface area contributed by atoms with E-state index < -0.39 is 0 Å². The number of hydrogen-bond donors (Lipinski definition) is 2. The molecule has 0 spiro atoms. The van der Waals surface area contributed by atoms with Gasteiger partial charge in [-0.3, -0.25) is 9.59 Å². The van der Waals surface area contributed by atoms with Crippen molar-refractivity contribution in [3.05, 3.63) is 22.5 Å². The molecule has 1 aromatic heterocycles. The zero-order valence-corrected chi connectivity index (χ0v) is 13.0. The van der Waals surface area contributed by atoms with Gasteiger partial charge in [0.2, 0.25) is 0 Å². The molecule has 1 aliphatic heterocycles. The zero-order chi connectivity index (χ0) is 15.6. The largest absolute Gasteiger partial charge is 0.396 e. The molecule has 2 rings (SSSR count). The van der Waals surface area contributed by atoms with E-state index in [1.165, 1.54) is 6.92 Å². The van der Waals surface area contributed by atoms with Crippen molar-refractivity contribution in [1.82, 2.24) is 9.88 Å². The first-order chi connectivity index (χ1) is 9.97. The fraction of sp³-hybridized carbons (Fsp3) is 0.625. The van der Waals surface area contributed by atoms with E-state index in [0.717, 1.165) is 43.5 Å². The lowest BCUT2D eigenvalue weighted by atomic mass is 10.1. The molecule has 0 radical (unpaired) electrons. The van der Waals surface area contributed by atoms with E-state index in [4.69, 9.17) is 5.11 Å². The average Bonchev–Trinajstić information content (AvgIpc) is 3.00. The summed E-state index contributed by atoms with van der Waals surface area (Å²) in [5.41, 5.74) is 2.67. The van der Waals surface area contributed by atoms with Crippen molar-refractivity contribution in [2.75, 3.05) is 13.2 Å². The number of hydrogen-bond acceptors (Lipinski definition) is 3. The van der Waals surface area contributed by atoms with Crippen LogP contribution in [0.4, 0.5) is 0 Å². The highest BCUT2D eigenvalue weighted by Crippen LogP contribution is 2.26. The molecular weight excluding hydrogens is 268 g/mol. The summed E-state index contributed by atoms with van der Waals surface area (Å²) in [5, 5.41) is 8.97. The SMILES string of the molecule is CC(=O)c1c(C)[nH]c(C(=O)N2CCCC2CCCO)c1C. The van der Waals surface area contributed by atoms with Crippen LogP contribution in [-0.2, 0) is 0 Å². The number of aromatic amines is 1. The molecule has 1 fully saturated rings. The lowest BCUT2D eigenvalue weighted by Gasteiger charge is -2.24. The van der Waals surface area contributed by atoms with Gasteiger partial charge in [-0.05, 0) is 52.0 Å². The molecule has 1 unspecified atom stereocenters. The number of nitrogens with one attached hydrogen (secondary N) is 1. The molecule has 21 heavy (non-hydrogen) atoms. The lowest BCUT2D eigenvalue weighted by Crippen LogP contribution is -2.36. The zero-order valence-electron chi connectivity index (χ0n) is 13.0. The molecule has 5 nitrogen and oxygen atoms in total. The second-order valence-corrected chi connectivity index (χ2v) is 5.84. The minimum Gasteiger partial charge on any atom is -0.396 e. The molecule has 1 amide bonds. The van der Waals surface area contributed by atoms with Gasteiger partial charge in [0, 0.05) is 30.5 Å². The second-order valence-electron chi connectivity index (χ2n) is 5.84. The number of nitrogens with zero attached hydrogens (tertiary/aromatic N) is 1. The minimum atomic E-state index is -0.0245. The first kappa shape index (κ1) is 15.8. The second kappa shape index (κ2) is 6.43. The molecule has 1 aromatic rings. The quantitative estimate of drug-likeness (QED) is 0.817. The van der Waals surface area contributed by atoms with Crippen LogP contribution in [0, 0.1) is 13.8 Å². The van der Waals surface area contributed by atoms with Crippen molar-refractivity contribution in [2.24, 2.45) is 0 Å². The summed E-state index contributed by atoms with van der Waals surface area (Å²) < 4.78 is 0. The van der Waals surface area contributed by atoms with E-state index in [-0.39, 0.29) is 24.3 Å². The maximum absolute atomic E-state index is 12.8. The number of aliphatic hydroxyl groups is 1.